The second-order valence-electron chi connectivity index (χ2n) is 11.5. The lowest BCUT2D eigenvalue weighted by molar-refractivity contribution is -0.0382. The lowest BCUT2D eigenvalue weighted by Crippen LogP contribution is -2.23. The van der Waals surface area contributed by atoms with Crippen LogP contribution in [-0.2, 0) is 0 Å². The molecule has 2 aromatic heterocycles. The van der Waals surface area contributed by atoms with Crippen LogP contribution in [0, 0.1) is 13.7 Å². The minimum atomic E-state index is -2.86. The fourth-order valence-corrected chi connectivity index (χ4v) is 6.53. The third-order valence-electron chi connectivity index (χ3n) is 8.85. The van der Waals surface area contributed by atoms with Crippen molar-refractivity contribution in [2.75, 3.05) is 0 Å². The molecule has 1 saturated carbocycles. The third kappa shape index (κ3) is 4.39. The first-order valence-electron chi connectivity index (χ1n) is 17.9. The Balaban J connectivity index is 1.31. The van der Waals surface area contributed by atoms with Crippen LogP contribution in [0.25, 0.3) is 65.9 Å². The van der Waals surface area contributed by atoms with E-state index < -0.39 is 38.4 Å². The molecule has 0 spiro atoms. The minimum Gasteiger partial charge on any atom is -0.455 e. The number of furan rings is 1. The van der Waals surface area contributed by atoms with Crippen LogP contribution in [0.2, 0.25) is 0 Å². The molecule has 0 radical (unpaired) electrons. The van der Waals surface area contributed by atoms with Crippen molar-refractivity contribution in [2.24, 2.45) is 0 Å². The van der Waals surface area contributed by atoms with E-state index in [1.807, 2.05) is 36.4 Å². The number of halogens is 2. The second-order valence-corrected chi connectivity index (χ2v) is 11.5. The zero-order valence-corrected chi connectivity index (χ0v) is 23.2. The molecule has 212 valence electrons. The maximum atomic E-state index is 14.0. The first kappa shape index (κ1) is 19.6. The summed E-state index contributed by atoms with van der Waals surface area (Å²) in [5.74, 6) is -4.24. The van der Waals surface area contributed by atoms with Gasteiger partial charge >= 0.3 is 0 Å². The van der Waals surface area contributed by atoms with Gasteiger partial charge in [0.15, 0.2) is 0 Å². The molecular weight excluding hydrogens is 536 g/mol. The molecule has 0 unspecified atom stereocenters. The molecule has 5 aromatic carbocycles. The van der Waals surface area contributed by atoms with Crippen molar-refractivity contribution in [3.63, 3.8) is 0 Å². The van der Waals surface area contributed by atoms with E-state index in [-0.39, 0.29) is 35.1 Å². The second kappa shape index (κ2) is 9.74. The third-order valence-corrected chi connectivity index (χ3v) is 8.85. The molecule has 43 heavy (non-hydrogen) atoms. The highest BCUT2D eigenvalue weighted by Crippen LogP contribution is 2.43. The van der Waals surface area contributed by atoms with E-state index >= 15 is 0 Å². The molecule has 0 atom stereocenters. The summed E-state index contributed by atoms with van der Waals surface area (Å²) in [6.45, 7) is -5.33. The number of hydrogen-bond donors (Lipinski definition) is 0. The van der Waals surface area contributed by atoms with Crippen LogP contribution < -0.4 is 0 Å². The van der Waals surface area contributed by atoms with Gasteiger partial charge in [-0.15, -0.1) is 0 Å². The quantitative estimate of drug-likeness (QED) is 0.196. The van der Waals surface area contributed by atoms with Crippen LogP contribution in [0.1, 0.15) is 57.9 Å². The Bertz CT molecular complexity index is 2470. The number of fused-ring (bicyclic) bond motifs is 6. The van der Waals surface area contributed by atoms with Gasteiger partial charge in [0.25, 0.3) is 0 Å². The van der Waals surface area contributed by atoms with Crippen LogP contribution in [-0.4, -0.2) is 10.9 Å². The molecule has 4 heteroatoms. The molecule has 1 fully saturated rings. The summed E-state index contributed by atoms with van der Waals surface area (Å²) in [6, 6.07) is 28.1. The van der Waals surface area contributed by atoms with Crippen LogP contribution in [0.3, 0.4) is 0 Å². The molecule has 2 nitrogen and oxygen atoms in total. The number of aromatic nitrogens is 1. The molecule has 0 N–H and O–H groups in total. The average molecular weight is 575 g/mol. The van der Waals surface area contributed by atoms with E-state index in [1.54, 1.807) is 12.1 Å². The highest BCUT2D eigenvalue weighted by atomic mass is 19.3. The summed E-state index contributed by atoms with van der Waals surface area (Å²) >= 11 is 0. The van der Waals surface area contributed by atoms with Gasteiger partial charge in [-0.1, -0.05) is 66.7 Å². The number of benzene rings is 5. The summed E-state index contributed by atoms with van der Waals surface area (Å²) in [6.07, 6.45) is 0.0996. The Labute approximate surface area is 258 Å². The van der Waals surface area contributed by atoms with Gasteiger partial charge in [-0.2, -0.15) is 0 Å². The molecule has 7 aromatic rings. The van der Waals surface area contributed by atoms with Gasteiger partial charge in [-0.05, 0) is 106 Å². The topological polar surface area (TPSA) is 26.0 Å². The fourth-order valence-electron chi connectivity index (χ4n) is 6.53. The first-order valence-corrected chi connectivity index (χ1v) is 14.4. The van der Waals surface area contributed by atoms with Crippen molar-refractivity contribution in [3.8, 4) is 22.4 Å². The first-order chi connectivity index (χ1) is 23.6. The Morgan fingerprint density at radius 1 is 0.744 bits per heavy atom. The zero-order chi connectivity index (χ0) is 35.2. The number of alkyl halides is 2. The van der Waals surface area contributed by atoms with Crippen molar-refractivity contribution >= 4 is 43.5 Å². The van der Waals surface area contributed by atoms with Crippen LogP contribution in [0.4, 0.5) is 8.78 Å². The molecule has 0 aliphatic heterocycles. The van der Waals surface area contributed by atoms with E-state index in [1.165, 1.54) is 18.3 Å². The molecule has 1 aliphatic rings. The predicted molar refractivity (Wildman–Crippen MR) is 173 cm³/mol. The summed E-state index contributed by atoms with van der Waals surface area (Å²) in [4.78, 5) is 4.56. The minimum absolute atomic E-state index is 0.118. The lowest BCUT2D eigenvalue weighted by Gasteiger charge is -2.29. The van der Waals surface area contributed by atoms with Crippen molar-refractivity contribution in [1.82, 2.24) is 4.98 Å². The molecule has 0 bridgehead atoms. The van der Waals surface area contributed by atoms with E-state index in [2.05, 4.69) is 35.3 Å². The largest absolute Gasteiger partial charge is 0.455 e. The van der Waals surface area contributed by atoms with Gasteiger partial charge in [0, 0.05) is 45.0 Å². The van der Waals surface area contributed by atoms with Gasteiger partial charge in [-0.25, -0.2) is 8.78 Å². The van der Waals surface area contributed by atoms with Crippen LogP contribution in [0.5, 0.6) is 0 Å². The number of hydrogen-bond acceptors (Lipinski definition) is 2. The molecule has 0 saturated heterocycles. The average Bonchev–Trinajstić information content (AvgIpc) is 3.45. The summed E-state index contributed by atoms with van der Waals surface area (Å²) in [7, 11) is 0. The van der Waals surface area contributed by atoms with Crippen molar-refractivity contribution in [2.45, 2.75) is 51.2 Å². The van der Waals surface area contributed by atoms with E-state index in [0.717, 1.165) is 32.3 Å². The molecule has 8 rings (SSSR count). The van der Waals surface area contributed by atoms with Crippen molar-refractivity contribution in [1.29, 1.82) is 0 Å². The maximum Gasteiger partial charge on any atom is 0.248 e. The van der Waals surface area contributed by atoms with E-state index in [0.29, 0.717) is 28.0 Å². The Morgan fingerprint density at radius 2 is 1.56 bits per heavy atom. The number of nitrogens with zero attached hydrogens (tertiary/aromatic N) is 1. The molecular formula is C39H31F2NO. The van der Waals surface area contributed by atoms with Crippen LogP contribution in [0.15, 0.2) is 102 Å². The molecule has 0 amide bonds. The molecule has 2 heterocycles. The highest BCUT2D eigenvalue weighted by molar-refractivity contribution is 6.17. The monoisotopic (exact) mass is 574 g/mol. The maximum absolute atomic E-state index is 14.0. The van der Waals surface area contributed by atoms with E-state index in [4.69, 9.17) is 14.0 Å². The Hall–Kier alpha value is -4.57. The number of para-hydroxylation sites is 1. The number of aryl methyl sites for hydroxylation is 2. The van der Waals surface area contributed by atoms with E-state index in [9.17, 15) is 8.78 Å². The Morgan fingerprint density at radius 3 is 2.42 bits per heavy atom. The van der Waals surface area contributed by atoms with Gasteiger partial charge < -0.3 is 4.42 Å². The van der Waals surface area contributed by atoms with Crippen molar-refractivity contribution < 1.29 is 22.8 Å². The number of pyridine rings is 1. The molecule has 1 aliphatic carbocycles. The standard InChI is InChI=1S/C39H31F2NO/c1-23-18-27(25-14-16-39(40,41)17-15-25)12-13-29(23)33-20-36(42-22-24(33)2)32-9-5-8-31-35-19-28-11-10-26-6-3-4-7-30(26)34(28)21-37(35)43-38(31)32/h3-13,18-22,25H,14-17H2,1-2H3/i1D3,2D3,25D. The summed E-state index contributed by atoms with van der Waals surface area (Å²) in [5, 5.41) is 6.09. The highest BCUT2D eigenvalue weighted by Gasteiger charge is 2.35. The lowest BCUT2D eigenvalue weighted by atomic mass is 9.81. The number of rotatable bonds is 3. The Kier molecular flexibility index (Phi) is 4.43. The summed E-state index contributed by atoms with van der Waals surface area (Å²) in [5.41, 5.74) is 2.58. The van der Waals surface area contributed by atoms with Gasteiger partial charge in [-0.3, -0.25) is 4.98 Å². The summed E-state index contributed by atoms with van der Waals surface area (Å²) < 4.78 is 93.6. The van der Waals surface area contributed by atoms with Crippen LogP contribution >= 0.6 is 0 Å². The predicted octanol–water partition coefficient (Wildman–Crippen LogP) is 11.5. The SMILES string of the molecule is [2H]C([2H])([2H])c1cnc(-c2cccc3c2oc2cc4c(ccc5ccccc54)cc23)cc1-c1ccc(C2([2H])CCC(F)(F)CC2)cc1C([2H])([2H])[2H]. The van der Waals surface area contributed by atoms with Crippen molar-refractivity contribution in [3.05, 3.63) is 114 Å². The zero-order valence-electron chi connectivity index (χ0n) is 30.2. The van der Waals surface area contributed by atoms with Gasteiger partial charge in [0.2, 0.25) is 5.92 Å². The fraction of sp³-hybridized carbons (Fsp3) is 0.205. The smallest absolute Gasteiger partial charge is 0.248 e. The normalized spacial score (nSPS) is 19.3. The van der Waals surface area contributed by atoms with Gasteiger partial charge in [0.1, 0.15) is 11.2 Å². The van der Waals surface area contributed by atoms with Gasteiger partial charge in [0.05, 0.1) is 5.69 Å².